The third-order valence-electron chi connectivity index (χ3n) is 4.10. The van der Waals surface area contributed by atoms with Gasteiger partial charge in [-0.15, -0.1) is 0 Å². The largest absolute Gasteiger partial charge is 0.494 e. The first-order valence-electron chi connectivity index (χ1n) is 8.24. The van der Waals surface area contributed by atoms with Crippen molar-refractivity contribution in [2.45, 2.75) is 26.4 Å². The van der Waals surface area contributed by atoms with Gasteiger partial charge in [0.2, 0.25) is 0 Å². The Hall–Kier alpha value is -2.59. The van der Waals surface area contributed by atoms with Gasteiger partial charge < -0.3 is 15.0 Å². The molecule has 1 aromatic heterocycles. The minimum Gasteiger partial charge on any atom is -0.494 e. The summed E-state index contributed by atoms with van der Waals surface area (Å²) in [6.07, 6.45) is 0. The normalized spacial score (nSPS) is 12.2. The molecule has 0 bridgehead atoms. The zero-order chi connectivity index (χ0) is 16.9. The van der Waals surface area contributed by atoms with Crippen molar-refractivity contribution in [3.8, 4) is 5.75 Å². The van der Waals surface area contributed by atoms with Crippen LogP contribution in [0.4, 0.5) is 0 Å². The van der Waals surface area contributed by atoms with Gasteiger partial charge >= 0.3 is 0 Å². The summed E-state index contributed by atoms with van der Waals surface area (Å²) in [7, 11) is 0. The first kappa shape index (κ1) is 16.3. The highest BCUT2D eigenvalue weighted by Gasteiger charge is 2.08. The minimum atomic E-state index is -0.0561. The van der Waals surface area contributed by atoms with Crippen molar-refractivity contribution in [2.24, 2.45) is 0 Å². The van der Waals surface area contributed by atoms with Crippen LogP contribution >= 0.6 is 0 Å². The van der Waals surface area contributed by atoms with Crippen molar-refractivity contribution in [1.29, 1.82) is 0 Å². The third-order valence-corrected chi connectivity index (χ3v) is 4.10. The van der Waals surface area contributed by atoms with Gasteiger partial charge in [0.05, 0.1) is 6.61 Å². The minimum absolute atomic E-state index is 0.0561. The summed E-state index contributed by atoms with van der Waals surface area (Å²) in [6.45, 7) is 5.19. The number of H-pyrrole nitrogens is 1. The molecule has 0 spiro atoms. The highest BCUT2D eigenvalue weighted by molar-refractivity contribution is 5.80. The van der Waals surface area contributed by atoms with Crippen molar-refractivity contribution in [1.82, 2.24) is 10.3 Å². The fraction of sp³-hybridized carbons (Fsp3) is 0.250. The van der Waals surface area contributed by atoms with Crippen LogP contribution in [0.15, 0.2) is 59.4 Å². The Morgan fingerprint density at radius 3 is 2.67 bits per heavy atom. The van der Waals surface area contributed by atoms with Gasteiger partial charge in [-0.05, 0) is 43.7 Å². The van der Waals surface area contributed by atoms with Gasteiger partial charge in [-0.1, -0.05) is 30.3 Å². The average Bonchev–Trinajstić information content (AvgIpc) is 2.61. The molecular formula is C20H22N2O2. The predicted octanol–water partition coefficient (Wildman–Crippen LogP) is 3.78. The molecule has 4 nitrogen and oxygen atoms in total. The van der Waals surface area contributed by atoms with Crippen LogP contribution in [0.2, 0.25) is 0 Å². The van der Waals surface area contributed by atoms with E-state index in [1.54, 1.807) is 0 Å². The molecule has 0 aliphatic heterocycles. The number of hydrogen-bond donors (Lipinski definition) is 2. The zero-order valence-corrected chi connectivity index (χ0v) is 14.0. The van der Waals surface area contributed by atoms with E-state index < -0.39 is 0 Å². The Labute approximate surface area is 141 Å². The van der Waals surface area contributed by atoms with Crippen LogP contribution in [-0.4, -0.2) is 11.6 Å². The second-order valence-corrected chi connectivity index (χ2v) is 5.82. The van der Waals surface area contributed by atoms with Gasteiger partial charge in [-0.2, -0.15) is 0 Å². The van der Waals surface area contributed by atoms with Crippen molar-refractivity contribution >= 4 is 10.9 Å². The molecule has 1 atom stereocenters. The molecule has 0 unspecified atom stereocenters. The lowest BCUT2D eigenvalue weighted by atomic mass is 10.1. The molecule has 3 aromatic rings. The van der Waals surface area contributed by atoms with Crippen LogP contribution in [-0.2, 0) is 6.54 Å². The molecule has 124 valence electrons. The molecule has 4 heteroatoms. The second kappa shape index (κ2) is 7.32. The number of nitrogens with one attached hydrogen (secondary N) is 2. The predicted molar refractivity (Wildman–Crippen MR) is 97.4 cm³/mol. The van der Waals surface area contributed by atoms with Gasteiger partial charge in [0.15, 0.2) is 0 Å². The molecule has 3 rings (SSSR count). The van der Waals surface area contributed by atoms with Crippen molar-refractivity contribution in [3.63, 3.8) is 0 Å². The second-order valence-electron chi connectivity index (χ2n) is 5.82. The molecule has 1 heterocycles. The Bertz CT molecular complexity index is 872. The number of hydrogen-bond acceptors (Lipinski definition) is 3. The van der Waals surface area contributed by atoms with E-state index >= 15 is 0 Å². The summed E-state index contributed by atoms with van der Waals surface area (Å²) in [4.78, 5) is 15.2. The highest BCUT2D eigenvalue weighted by atomic mass is 16.5. The first-order valence-corrected chi connectivity index (χ1v) is 8.24. The summed E-state index contributed by atoms with van der Waals surface area (Å²) in [5.74, 6) is 0.814. The van der Waals surface area contributed by atoms with Gasteiger partial charge in [0, 0.05) is 29.1 Å². The van der Waals surface area contributed by atoms with Crippen molar-refractivity contribution in [3.05, 3.63) is 76.1 Å². The molecule has 0 amide bonds. The SMILES string of the molecule is CCOc1ccc2[nH]c(=O)c(CN[C@@H](C)c3ccccc3)cc2c1. The Balaban J connectivity index is 1.81. The van der Waals surface area contributed by atoms with E-state index in [4.69, 9.17) is 4.74 Å². The number of pyridine rings is 1. The molecule has 0 radical (unpaired) electrons. The van der Waals surface area contributed by atoms with Crippen LogP contribution in [0.3, 0.4) is 0 Å². The molecule has 0 aliphatic carbocycles. The Kier molecular flexibility index (Phi) is 4.96. The van der Waals surface area contributed by atoms with E-state index in [9.17, 15) is 4.79 Å². The summed E-state index contributed by atoms with van der Waals surface area (Å²) >= 11 is 0. The van der Waals surface area contributed by atoms with E-state index in [1.807, 2.05) is 49.4 Å². The third kappa shape index (κ3) is 3.66. The quantitative estimate of drug-likeness (QED) is 0.726. The van der Waals surface area contributed by atoms with E-state index in [1.165, 1.54) is 5.56 Å². The van der Waals surface area contributed by atoms with Gasteiger partial charge in [-0.25, -0.2) is 0 Å². The number of aromatic nitrogens is 1. The topological polar surface area (TPSA) is 54.1 Å². The number of rotatable bonds is 6. The standard InChI is InChI=1S/C20H22N2O2/c1-3-24-18-9-10-19-16(12-18)11-17(20(23)22-19)13-21-14(2)15-7-5-4-6-8-15/h4-12,14,21H,3,13H2,1-2H3,(H,22,23)/t14-/m0/s1. The molecular weight excluding hydrogens is 300 g/mol. The molecule has 2 N–H and O–H groups in total. The zero-order valence-electron chi connectivity index (χ0n) is 14.0. The lowest BCUT2D eigenvalue weighted by Gasteiger charge is -2.14. The van der Waals surface area contributed by atoms with Gasteiger partial charge in [-0.3, -0.25) is 4.79 Å². The Morgan fingerprint density at radius 1 is 1.12 bits per heavy atom. The number of ether oxygens (including phenoxy) is 1. The summed E-state index contributed by atoms with van der Waals surface area (Å²) in [5.41, 5.74) is 2.69. The summed E-state index contributed by atoms with van der Waals surface area (Å²) in [6, 6.07) is 18.0. The molecule has 2 aromatic carbocycles. The fourth-order valence-corrected chi connectivity index (χ4v) is 2.74. The molecule has 0 saturated carbocycles. The number of benzene rings is 2. The van der Waals surface area contributed by atoms with E-state index in [0.717, 1.165) is 22.2 Å². The Morgan fingerprint density at radius 2 is 1.92 bits per heavy atom. The van der Waals surface area contributed by atoms with Crippen molar-refractivity contribution < 1.29 is 4.74 Å². The maximum atomic E-state index is 12.3. The maximum Gasteiger partial charge on any atom is 0.252 e. The van der Waals surface area contributed by atoms with Crippen LogP contribution in [0.25, 0.3) is 10.9 Å². The van der Waals surface area contributed by atoms with E-state index in [2.05, 4.69) is 29.4 Å². The van der Waals surface area contributed by atoms with Gasteiger partial charge in [0.1, 0.15) is 5.75 Å². The van der Waals surface area contributed by atoms with E-state index in [0.29, 0.717) is 13.2 Å². The molecule has 24 heavy (non-hydrogen) atoms. The lowest BCUT2D eigenvalue weighted by Crippen LogP contribution is -2.23. The van der Waals surface area contributed by atoms with Crippen LogP contribution in [0, 0.1) is 0 Å². The van der Waals surface area contributed by atoms with E-state index in [-0.39, 0.29) is 11.6 Å². The average molecular weight is 322 g/mol. The monoisotopic (exact) mass is 322 g/mol. The molecule has 0 aliphatic rings. The van der Waals surface area contributed by atoms with Crippen molar-refractivity contribution in [2.75, 3.05) is 6.61 Å². The van der Waals surface area contributed by atoms with Crippen LogP contribution in [0.1, 0.15) is 31.0 Å². The lowest BCUT2D eigenvalue weighted by molar-refractivity contribution is 0.340. The summed E-state index contributed by atoms with van der Waals surface area (Å²) in [5, 5.41) is 4.39. The fourth-order valence-electron chi connectivity index (χ4n) is 2.74. The molecule has 0 saturated heterocycles. The first-order chi connectivity index (χ1) is 11.7. The highest BCUT2D eigenvalue weighted by Crippen LogP contribution is 2.19. The van der Waals surface area contributed by atoms with Crippen LogP contribution < -0.4 is 15.6 Å². The maximum absolute atomic E-state index is 12.3. The van der Waals surface area contributed by atoms with Gasteiger partial charge in [0.25, 0.3) is 5.56 Å². The summed E-state index contributed by atoms with van der Waals surface area (Å²) < 4.78 is 5.53. The number of aromatic amines is 1. The smallest absolute Gasteiger partial charge is 0.252 e. The number of fused-ring (bicyclic) bond motifs is 1. The molecule has 0 fully saturated rings. The van der Waals surface area contributed by atoms with Crippen LogP contribution in [0.5, 0.6) is 5.75 Å².